The molecule has 0 radical (unpaired) electrons. The fourth-order valence-electron chi connectivity index (χ4n) is 1.07. The zero-order valence-corrected chi connectivity index (χ0v) is 7.69. The van der Waals surface area contributed by atoms with Gasteiger partial charge in [0.2, 0.25) is 0 Å². The molecule has 13 heavy (non-hydrogen) atoms. The molecular weight excluding hydrogens is 196 g/mol. The third-order valence-electron chi connectivity index (χ3n) is 1.78. The SMILES string of the molecule is N[C@H](CCF)c1cc(F)ccc1Cl. The Morgan fingerprint density at radius 1 is 1.46 bits per heavy atom. The van der Waals surface area contributed by atoms with E-state index in [9.17, 15) is 8.78 Å². The first-order valence-corrected chi connectivity index (χ1v) is 4.29. The number of hydrogen-bond acceptors (Lipinski definition) is 1. The Bertz CT molecular complexity index is 291. The molecule has 0 aromatic heterocycles. The lowest BCUT2D eigenvalue weighted by Gasteiger charge is -2.11. The lowest BCUT2D eigenvalue weighted by molar-refractivity contribution is 0.441. The number of hydrogen-bond donors (Lipinski definition) is 1. The Labute approximate surface area is 80.5 Å². The van der Waals surface area contributed by atoms with E-state index >= 15 is 0 Å². The van der Waals surface area contributed by atoms with E-state index in [1.807, 2.05) is 0 Å². The average Bonchev–Trinajstić information content (AvgIpc) is 2.09. The molecule has 0 amide bonds. The van der Waals surface area contributed by atoms with Crippen LogP contribution < -0.4 is 5.73 Å². The van der Waals surface area contributed by atoms with Gasteiger partial charge in [-0.25, -0.2) is 4.39 Å². The van der Waals surface area contributed by atoms with Gasteiger partial charge in [0, 0.05) is 11.1 Å². The van der Waals surface area contributed by atoms with Gasteiger partial charge in [-0.05, 0) is 30.2 Å². The minimum atomic E-state index is -0.534. The Balaban J connectivity index is 2.91. The summed E-state index contributed by atoms with van der Waals surface area (Å²) >= 11 is 5.76. The molecule has 0 fully saturated rings. The van der Waals surface area contributed by atoms with Gasteiger partial charge in [-0.2, -0.15) is 0 Å². The van der Waals surface area contributed by atoms with Crippen LogP contribution in [0.4, 0.5) is 8.78 Å². The van der Waals surface area contributed by atoms with Crippen molar-refractivity contribution >= 4 is 11.6 Å². The molecule has 72 valence electrons. The van der Waals surface area contributed by atoms with E-state index in [1.165, 1.54) is 18.2 Å². The number of nitrogens with two attached hydrogens (primary N) is 1. The standard InChI is InChI=1S/C9H10ClF2N/c10-8-2-1-6(12)5-7(8)9(13)3-4-11/h1-2,5,9H,3-4,13H2/t9-/m1/s1. The second-order valence-electron chi connectivity index (χ2n) is 2.75. The van der Waals surface area contributed by atoms with Crippen molar-refractivity contribution in [1.29, 1.82) is 0 Å². The third-order valence-corrected chi connectivity index (χ3v) is 2.12. The quantitative estimate of drug-likeness (QED) is 0.807. The maximum Gasteiger partial charge on any atom is 0.123 e. The molecule has 4 heteroatoms. The van der Waals surface area contributed by atoms with E-state index in [4.69, 9.17) is 17.3 Å². The molecular formula is C9H10ClF2N. The van der Waals surface area contributed by atoms with Crippen LogP contribution in [0, 0.1) is 5.82 Å². The molecule has 0 saturated carbocycles. The minimum absolute atomic E-state index is 0.156. The molecule has 1 rings (SSSR count). The molecule has 0 aliphatic carbocycles. The fraction of sp³-hybridized carbons (Fsp3) is 0.333. The minimum Gasteiger partial charge on any atom is -0.324 e. The maximum atomic E-state index is 12.7. The van der Waals surface area contributed by atoms with Gasteiger partial charge < -0.3 is 5.73 Å². The smallest absolute Gasteiger partial charge is 0.123 e. The van der Waals surface area contributed by atoms with E-state index in [1.54, 1.807) is 0 Å². The van der Waals surface area contributed by atoms with E-state index < -0.39 is 18.5 Å². The summed E-state index contributed by atoms with van der Waals surface area (Å²) in [4.78, 5) is 0. The van der Waals surface area contributed by atoms with Crippen molar-refractivity contribution in [1.82, 2.24) is 0 Å². The molecule has 0 spiro atoms. The number of halogens is 3. The van der Waals surface area contributed by atoms with Crippen molar-refractivity contribution in [2.24, 2.45) is 5.73 Å². The Morgan fingerprint density at radius 2 is 2.15 bits per heavy atom. The monoisotopic (exact) mass is 205 g/mol. The summed E-state index contributed by atoms with van der Waals surface area (Å²) in [5.74, 6) is -0.409. The summed E-state index contributed by atoms with van der Waals surface area (Å²) in [7, 11) is 0. The molecule has 0 unspecified atom stereocenters. The van der Waals surface area contributed by atoms with E-state index in [-0.39, 0.29) is 6.42 Å². The van der Waals surface area contributed by atoms with Crippen molar-refractivity contribution in [3.63, 3.8) is 0 Å². The Kier molecular flexibility index (Phi) is 3.63. The van der Waals surface area contributed by atoms with Crippen LogP contribution >= 0.6 is 11.6 Å². The predicted octanol–water partition coefficient (Wildman–Crippen LogP) is 2.84. The van der Waals surface area contributed by atoms with Gasteiger partial charge in [0.25, 0.3) is 0 Å². The van der Waals surface area contributed by atoms with Gasteiger partial charge in [0.1, 0.15) is 5.82 Å². The Hall–Kier alpha value is -0.670. The summed E-state index contributed by atoms with van der Waals surface area (Å²) in [5, 5.41) is 0.377. The van der Waals surface area contributed by atoms with Crippen molar-refractivity contribution in [2.45, 2.75) is 12.5 Å². The lowest BCUT2D eigenvalue weighted by atomic mass is 10.1. The van der Waals surface area contributed by atoms with Crippen molar-refractivity contribution in [2.75, 3.05) is 6.67 Å². The van der Waals surface area contributed by atoms with Crippen LogP contribution in [-0.2, 0) is 0 Å². The molecule has 0 bridgehead atoms. The molecule has 1 aromatic carbocycles. The summed E-state index contributed by atoms with van der Waals surface area (Å²) in [6.07, 6.45) is 0.156. The zero-order chi connectivity index (χ0) is 9.84. The normalized spacial score (nSPS) is 12.9. The molecule has 0 aliphatic heterocycles. The lowest BCUT2D eigenvalue weighted by Crippen LogP contribution is -2.11. The van der Waals surface area contributed by atoms with Crippen LogP contribution in [0.25, 0.3) is 0 Å². The van der Waals surface area contributed by atoms with E-state index in [2.05, 4.69) is 0 Å². The molecule has 1 aromatic rings. The molecule has 2 N–H and O–H groups in total. The predicted molar refractivity (Wildman–Crippen MR) is 48.9 cm³/mol. The third kappa shape index (κ3) is 2.64. The molecule has 1 atom stereocenters. The first kappa shape index (κ1) is 10.4. The van der Waals surface area contributed by atoms with E-state index in [0.717, 1.165) is 0 Å². The molecule has 1 nitrogen and oxygen atoms in total. The summed E-state index contributed by atoms with van der Waals surface area (Å²) in [5.41, 5.74) is 6.04. The summed E-state index contributed by atoms with van der Waals surface area (Å²) < 4.78 is 24.7. The van der Waals surface area contributed by atoms with Gasteiger partial charge >= 0.3 is 0 Å². The highest BCUT2D eigenvalue weighted by Gasteiger charge is 2.10. The highest BCUT2D eigenvalue weighted by molar-refractivity contribution is 6.31. The number of alkyl halides is 1. The second-order valence-corrected chi connectivity index (χ2v) is 3.16. The number of benzene rings is 1. The zero-order valence-electron chi connectivity index (χ0n) is 6.93. The highest BCUT2D eigenvalue weighted by Crippen LogP contribution is 2.24. The van der Waals surface area contributed by atoms with Gasteiger partial charge in [-0.1, -0.05) is 11.6 Å². The number of rotatable bonds is 3. The maximum absolute atomic E-state index is 12.7. The van der Waals surface area contributed by atoms with Crippen LogP contribution in [0.15, 0.2) is 18.2 Å². The van der Waals surface area contributed by atoms with Gasteiger partial charge in [0.15, 0.2) is 0 Å². The largest absolute Gasteiger partial charge is 0.324 e. The van der Waals surface area contributed by atoms with Gasteiger partial charge in [-0.15, -0.1) is 0 Å². The highest BCUT2D eigenvalue weighted by atomic mass is 35.5. The summed E-state index contributed by atoms with van der Waals surface area (Å²) in [6, 6.07) is 3.37. The summed E-state index contributed by atoms with van der Waals surface area (Å²) in [6.45, 7) is -0.534. The van der Waals surface area contributed by atoms with Crippen LogP contribution in [0.3, 0.4) is 0 Å². The molecule has 0 aliphatic rings. The van der Waals surface area contributed by atoms with Crippen LogP contribution in [0.5, 0.6) is 0 Å². The van der Waals surface area contributed by atoms with Crippen molar-refractivity contribution in [3.05, 3.63) is 34.6 Å². The van der Waals surface area contributed by atoms with Crippen LogP contribution in [-0.4, -0.2) is 6.67 Å². The average molecular weight is 206 g/mol. The topological polar surface area (TPSA) is 26.0 Å². The van der Waals surface area contributed by atoms with Gasteiger partial charge in [-0.3, -0.25) is 4.39 Å². The molecule has 0 heterocycles. The molecule has 0 saturated heterocycles. The first-order chi connectivity index (χ1) is 6.15. The van der Waals surface area contributed by atoms with E-state index in [0.29, 0.717) is 10.6 Å². The van der Waals surface area contributed by atoms with Gasteiger partial charge in [0.05, 0.1) is 6.67 Å². The van der Waals surface area contributed by atoms with Crippen LogP contribution in [0.1, 0.15) is 18.0 Å². The first-order valence-electron chi connectivity index (χ1n) is 3.91. The van der Waals surface area contributed by atoms with Crippen molar-refractivity contribution in [3.8, 4) is 0 Å². The Morgan fingerprint density at radius 3 is 2.77 bits per heavy atom. The van der Waals surface area contributed by atoms with Crippen LogP contribution in [0.2, 0.25) is 5.02 Å². The van der Waals surface area contributed by atoms with Crippen molar-refractivity contribution < 1.29 is 8.78 Å². The fourth-order valence-corrected chi connectivity index (χ4v) is 1.33. The second kappa shape index (κ2) is 4.53.